The van der Waals surface area contributed by atoms with E-state index in [1.807, 2.05) is 44.2 Å². The molecule has 6 nitrogen and oxygen atoms in total. The minimum atomic E-state index is -0.858. The van der Waals surface area contributed by atoms with Crippen LogP contribution in [0.15, 0.2) is 48.8 Å². The molecule has 1 fully saturated rings. The van der Waals surface area contributed by atoms with E-state index in [1.54, 1.807) is 18.5 Å². The molecule has 0 unspecified atom stereocenters. The number of ether oxygens (including phenoxy) is 1. The SMILES string of the molecule is Cc1cc2c(cc1C)C(=O)[C@@H](C(=O)c1cccc(-c3cn[nH]c3)c1)C1(CCNCC1)O2. The van der Waals surface area contributed by atoms with Crippen LogP contribution in [0.5, 0.6) is 5.75 Å². The Balaban J connectivity index is 1.60. The summed E-state index contributed by atoms with van der Waals surface area (Å²) in [5.74, 6) is -0.568. The number of piperidine rings is 1. The maximum atomic E-state index is 13.8. The highest BCUT2D eigenvalue weighted by atomic mass is 16.5. The molecule has 2 aromatic carbocycles. The second-order valence-corrected chi connectivity index (χ2v) is 8.58. The number of aromatic amines is 1. The summed E-state index contributed by atoms with van der Waals surface area (Å²) < 4.78 is 6.53. The standard InChI is InChI=1S/C25H25N3O3/c1-15-10-20-21(11-16(15)2)31-25(6-8-26-9-7-25)22(24(20)30)23(29)18-5-3-4-17(12-18)19-13-27-28-14-19/h3-5,10-14,22,26H,6-9H2,1-2H3,(H,27,28)/t22-/m1/s1. The molecule has 3 heterocycles. The number of ketones is 2. The van der Waals surface area contributed by atoms with Crippen molar-refractivity contribution in [2.45, 2.75) is 32.3 Å². The van der Waals surface area contributed by atoms with Crippen molar-refractivity contribution in [1.82, 2.24) is 15.5 Å². The van der Waals surface area contributed by atoms with Crippen LogP contribution in [0.4, 0.5) is 0 Å². The fourth-order valence-electron chi connectivity index (χ4n) is 4.77. The minimum absolute atomic E-state index is 0.134. The molecule has 2 aliphatic heterocycles. The number of aromatic nitrogens is 2. The molecule has 1 saturated heterocycles. The summed E-state index contributed by atoms with van der Waals surface area (Å²) in [7, 11) is 0. The Labute approximate surface area is 181 Å². The summed E-state index contributed by atoms with van der Waals surface area (Å²) in [5.41, 5.74) is 4.09. The number of carbonyl (C=O) groups is 2. The van der Waals surface area contributed by atoms with Crippen LogP contribution in [-0.4, -0.2) is 40.5 Å². The van der Waals surface area contributed by atoms with Crippen molar-refractivity contribution in [2.75, 3.05) is 13.1 Å². The maximum Gasteiger partial charge on any atom is 0.181 e. The van der Waals surface area contributed by atoms with E-state index in [0.717, 1.165) is 22.3 Å². The van der Waals surface area contributed by atoms with Gasteiger partial charge in [-0.15, -0.1) is 0 Å². The van der Waals surface area contributed by atoms with E-state index in [-0.39, 0.29) is 11.6 Å². The summed E-state index contributed by atoms with van der Waals surface area (Å²) in [5, 5.41) is 10.1. The highest BCUT2D eigenvalue weighted by Crippen LogP contribution is 2.44. The number of benzene rings is 2. The van der Waals surface area contributed by atoms with Crippen LogP contribution in [0.25, 0.3) is 11.1 Å². The first-order chi connectivity index (χ1) is 15.0. The van der Waals surface area contributed by atoms with Gasteiger partial charge >= 0.3 is 0 Å². The number of nitrogens with zero attached hydrogens (tertiary/aromatic N) is 1. The molecule has 0 bridgehead atoms. The van der Waals surface area contributed by atoms with Crippen LogP contribution in [0.2, 0.25) is 0 Å². The molecule has 2 N–H and O–H groups in total. The molecular formula is C25H25N3O3. The molecule has 158 valence electrons. The Morgan fingerprint density at radius 1 is 1.10 bits per heavy atom. The summed E-state index contributed by atoms with van der Waals surface area (Å²) in [4.78, 5) is 27.6. The Kier molecular flexibility index (Phi) is 4.74. The molecule has 1 spiro atoms. The molecule has 1 atom stereocenters. The van der Waals surface area contributed by atoms with E-state index in [2.05, 4.69) is 15.5 Å². The summed E-state index contributed by atoms with van der Waals surface area (Å²) in [6.45, 7) is 5.42. The van der Waals surface area contributed by atoms with Crippen molar-refractivity contribution in [3.8, 4) is 16.9 Å². The lowest BCUT2D eigenvalue weighted by Crippen LogP contribution is -2.58. The highest BCUT2D eigenvalue weighted by Gasteiger charge is 2.53. The molecule has 0 saturated carbocycles. The van der Waals surface area contributed by atoms with E-state index in [1.165, 1.54) is 0 Å². The smallest absolute Gasteiger partial charge is 0.181 e. The number of hydrogen-bond acceptors (Lipinski definition) is 5. The Morgan fingerprint density at radius 3 is 2.61 bits per heavy atom. The third-order valence-corrected chi connectivity index (χ3v) is 6.65. The number of hydrogen-bond donors (Lipinski definition) is 2. The van der Waals surface area contributed by atoms with Gasteiger partial charge in [0.1, 0.15) is 17.3 Å². The van der Waals surface area contributed by atoms with E-state index in [0.29, 0.717) is 42.8 Å². The second kappa shape index (κ2) is 7.46. The predicted octanol–water partition coefficient (Wildman–Crippen LogP) is 3.89. The zero-order chi connectivity index (χ0) is 21.6. The van der Waals surface area contributed by atoms with Gasteiger partial charge in [-0.25, -0.2) is 0 Å². The van der Waals surface area contributed by atoms with Crippen molar-refractivity contribution in [2.24, 2.45) is 5.92 Å². The minimum Gasteiger partial charge on any atom is -0.485 e. The fourth-order valence-corrected chi connectivity index (χ4v) is 4.77. The van der Waals surface area contributed by atoms with Crippen molar-refractivity contribution in [1.29, 1.82) is 0 Å². The fraction of sp³-hybridized carbons (Fsp3) is 0.320. The van der Waals surface area contributed by atoms with Gasteiger partial charge in [-0.05, 0) is 61.8 Å². The summed E-state index contributed by atoms with van der Waals surface area (Å²) in [6.07, 6.45) is 4.73. The van der Waals surface area contributed by atoms with E-state index in [9.17, 15) is 9.59 Å². The summed E-state index contributed by atoms with van der Waals surface area (Å²) >= 11 is 0. The molecule has 0 amide bonds. The molecule has 2 aliphatic rings. The van der Waals surface area contributed by atoms with Gasteiger partial charge in [0, 0.05) is 30.2 Å². The van der Waals surface area contributed by atoms with Crippen LogP contribution in [0, 0.1) is 19.8 Å². The molecule has 31 heavy (non-hydrogen) atoms. The zero-order valence-corrected chi connectivity index (χ0v) is 17.7. The number of aryl methyl sites for hydroxylation is 2. The lowest BCUT2D eigenvalue weighted by atomic mass is 9.70. The van der Waals surface area contributed by atoms with Gasteiger partial charge in [0.05, 0.1) is 11.8 Å². The van der Waals surface area contributed by atoms with Gasteiger partial charge in [-0.1, -0.05) is 18.2 Å². The average molecular weight is 415 g/mol. The van der Waals surface area contributed by atoms with Gasteiger partial charge < -0.3 is 10.1 Å². The van der Waals surface area contributed by atoms with Crippen LogP contribution in [0.1, 0.15) is 44.7 Å². The number of carbonyl (C=O) groups excluding carboxylic acids is 2. The molecular weight excluding hydrogens is 390 g/mol. The average Bonchev–Trinajstić information content (AvgIpc) is 3.31. The van der Waals surface area contributed by atoms with Crippen molar-refractivity contribution in [3.63, 3.8) is 0 Å². The summed E-state index contributed by atoms with van der Waals surface area (Å²) in [6, 6.07) is 11.2. The molecule has 5 rings (SSSR count). The maximum absolute atomic E-state index is 13.8. The van der Waals surface area contributed by atoms with Crippen molar-refractivity contribution >= 4 is 11.6 Å². The molecule has 6 heteroatoms. The van der Waals surface area contributed by atoms with E-state index in [4.69, 9.17) is 4.74 Å². The zero-order valence-electron chi connectivity index (χ0n) is 17.7. The van der Waals surface area contributed by atoms with Gasteiger partial charge in [-0.2, -0.15) is 5.10 Å². The second-order valence-electron chi connectivity index (χ2n) is 8.58. The Bertz CT molecular complexity index is 1160. The lowest BCUT2D eigenvalue weighted by molar-refractivity contribution is -0.0138. The van der Waals surface area contributed by atoms with Crippen molar-refractivity contribution in [3.05, 3.63) is 71.0 Å². The largest absolute Gasteiger partial charge is 0.485 e. The van der Waals surface area contributed by atoms with Crippen LogP contribution in [-0.2, 0) is 0 Å². The molecule has 3 aromatic rings. The number of fused-ring (bicyclic) bond motifs is 1. The number of nitrogens with one attached hydrogen (secondary N) is 2. The lowest BCUT2D eigenvalue weighted by Gasteiger charge is -2.45. The predicted molar refractivity (Wildman–Crippen MR) is 118 cm³/mol. The number of rotatable bonds is 3. The monoisotopic (exact) mass is 415 g/mol. The van der Waals surface area contributed by atoms with Gasteiger partial charge in [0.15, 0.2) is 11.6 Å². The molecule has 1 aromatic heterocycles. The van der Waals surface area contributed by atoms with Crippen LogP contribution in [0.3, 0.4) is 0 Å². The van der Waals surface area contributed by atoms with E-state index < -0.39 is 11.5 Å². The third kappa shape index (κ3) is 3.27. The first-order valence-corrected chi connectivity index (χ1v) is 10.7. The van der Waals surface area contributed by atoms with Crippen molar-refractivity contribution < 1.29 is 14.3 Å². The first-order valence-electron chi connectivity index (χ1n) is 10.7. The molecule has 0 aliphatic carbocycles. The van der Waals surface area contributed by atoms with Gasteiger partial charge in [0.2, 0.25) is 0 Å². The van der Waals surface area contributed by atoms with Crippen LogP contribution >= 0.6 is 0 Å². The Hall–Kier alpha value is -3.25. The third-order valence-electron chi connectivity index (χ3n) is 6.65. The Morgan fingerprint density at radius 2 is 1.87 bits per heavy atom. The topological polar surface area (TPSA) is 84.1 Å². The number of H-pyrrole nitrogens is 1. The van der Waals surface area contributed by atoms with Crippen LogP contribution < -0.4 is 10.1 Å². The first kappa shape index (κ1) is 19.7. The van der Waals surface area contributed by atoms with Gasteiger partial charge in [-0.3, -0.25) is 14.7 Å². The van der Waals surface area contributed by atoms with Gasteiger partial charge in [0.25, 0.3) is 0 Å². The quantitative estimate of drug-likeness (QED) is 0.501. The molecule has 0 radical (unpaired) electrons. The number of Topliss-reactive ketones (excluding diaryl/α,β-unsaturated/α-hetero) is 2. The van der Waals surface area contributed by atoms with E-state index >= 15 is 0 Å². The highest BCUT2D eigenvalue weighted by molar-refractivity contribution is 6.19. The normalized spacial score (nSPS) is 19.7.